The zero-order chi connectivity index (χ0) is 68.0. The van der Waals surface area contributed by atoms with Crippen molar-refractivity contribution >= 4 is 33.4 Å². The number of likely N-dealkylation sites (tertiary alicyclic amines) is 3. The minimum Gasteiger partial charge on any atom is -0.394 e. The smallest absolute Gasteiger partial charge is 0.394 e. The monoisotopic (exact) mass is 1370 g/mol. The number of aliphatic hydroxyl groups is 10. The van der Waals surface area contributed by atoms with Gasteiger partial charge in [-0.1, -0.05) is 60.8 Å². The van der Waals surface area contributed by atoms with Gasteiger partial charge in [-0.25, -0.2) is 9.13 Å². The molecule has 0 saturated carbocycles. The Hall–Kier alpha value is -2.05. The van der Waals surface area contributed by atoms with Gasteiger partial charge in [-0.2, -0.15) is 0 Å². The van der Waals surface area contributed by atoms with Gasteiger partial charge in [0.05, 0.1) is 94.4 Å². The maximum atomic E-state index is 13.9. The third kappa shape index (κ3) is 24.7. The average Bonchev–Trinajstić information content (AvgIpc) is 1.44. The van der Waals surface area contributed by atoms with E-state index in [9.17, 15) is 84.4 Å². The summed E-state index contributed by atoms with van der Waals surface area (Å²) in [6.45, 7) is 9.23. The van der Waals surface area contributed by atoms with Crippen LogP contribution >= 0.6 is 15.6 Å². The Morgan fingerprint density at radius 2 is 0.772 bits per heavy atom. The van der Waals surface area contributed by atoms with Gasteiger partial charge >= 0.3 is 15.6 Å². The van der Waals surface area contributed by atoms with E-state index >= 15 is 0 Å². The lowest BCUT2D eigenvalue weighted by Gasteiger charge is -2.40. The van der Waals surface area contributed by atoms with Crippen LogP contribution in [0, 0.1) is 23.7 Å². The van der Waals surface area contributed by atoms with Crippen LogP contribution in [0.25, 0.3) is 0 Å². The van der Waals surface area contributed by atoms with Crippen molar-refractivity contribution in [1.82, 2.24) is 14.7 Å². The number of β-amino-alcohol motifs (C(OH)–C–C–N with tert-alkyl or cyclic N) is 1. The Labute approximate surface area is 540 Å². The maximum absolute atomic E-state index is 13.9. The molecular formula is C59H109N3O28P2. The predicted octanol–water partition coefficient (Wildman–Crippen LogP) is 0.419. The van der Waals surface area contributed by atoms with E-state index in [0.717, 1.165) is 5.92 Å². The molecule has 12 N–H and O–H groups in total. The number of amides is 3. The van der Waals surface area contributed by atoms with Gasteiger partial charge in [-0.05, 0) is 63.7 Å². The second-order valence-electron chi connectivity index (χ2n) is 25.9. The van der Waals surface area contributed by atoms with E-state index in [0.29, 0.717) is 57.8 Å². The van der Waals surface area contributed by atoms with Gasteiger partial charge in [-0.15, -0.1) is 0 Å². The standard InChI is InChI=1S/C55H99N3O28P2.C4H10/c1-32-47(66)50(69)41(26-59)82-53(32)77-17-11-5-8-14-44(63)56-23-38(62)20-35(56)30-80-87(72,73)86-40-22-37(58(25-40)46(65)16-10-7-13-19-79-55-34(3)49(68)52(71)43(28-61)84-55)31-81-88(74,75)85-39-21-36(29-76-4)57(24-39)45(64)15-9-6-12-18-78-54-33(2)48(67)51(70)42(27-60)83-54;1-4(2)3/h32-43,47-55,59-62,66-71H,5-31H2,1-4H3,(H,72,73)(H,74,75);4H,1-3H3/t32?,33?,34?,35-,36-,37-,38+,39+,40+,41?,42?,43?,47+,48+,49+,50-,51-,52-,53+,54+,55+;/m0./s1. The molecule has 6 aliphatic heterocycles. The first-order valence-corrected chi connectivity index (χ1v) is 35.6. The zero-order valence-corrected chi connectivity index (χ0v) is 56.2. The van der Waals surface area contributed by atoms with Crippen molar-refractivity contribution in [2.75, 3.05) is 86.2 Å². The summed E-state index contributed by atoms with van der Waals surface area (Å²) in [7, 11) is -8.40. The molecule has 0 bridgehead atoms. The molecule has 6 aliphatic rings. The van der Waals surface area contributed by atoms with Crippen LogP contribution in [0.5, 0.6) is 0 Å². The van der Waals surface area contributed by atoms with Crippen molar-refractivity contribution in [3.05, 3.63) is 0 Å². The van der Waals surface area contributed by atoms with E-state index in [4.69, 9.17) is 51.3 Å². The SMILES string of the molecule is CC(C)C.COC[C@@H]1C[C@@H](OP(=O)(O)OC[C@@H]2C[C@@H](OP(=O)(O)OC[C@@H]3C[C@@H](O)CN3C(=O)CCCCCO[C@@H]3OC(CO)[C@H](O)[C@H](O)C3C)CN2C(=O)CCCCCO[C@@H]2OC(CO)[C@H](O)[C@H](O)C2C)CN1C(=O)CCCCCO[C@@H]1OC(CO)[C@H](O)[C@H](O)C1C. The Kier molecular flexibility index (Phi) is 34.6. The predicted molar refractivity (Wildman–Crippen MR) is 324 cm³/mol. The minimum absolute atomic E-state index is 0.0333. The molecule has 0 aromatic rings. The Balaban J connectivity index is 0.00000373. The van der Waals surface area contributed by atoms with Crippen molar-refractivity contribution in [2.24, 2.45) is 23.7 Å². The van der Waals surface area contributed by atoms with Crippen LogP contribution in [-0.4, -0.2) is 290 Å². The maximum Gasteiger partial charge on any atom is 0.472 e. The molecule has 33 heteroatoms. The molecule has 6 fully saturated rings. The lowest BCUT2D eigenvalue weighted by Crippen LogP contribution is -2.55. The number of hydrogen-bond donors (Lipinski definition) is 12. The summed E-state index contributed by atoms with van der Waals surface area (Å²) >= 11 is 0. The molecule has 31 nitrogen and oxygen atoms in total. The number of carbonyl (C=O) groups is 3. The molecule has 92 heavy (non-hydrogen) atoms. The van der Waals surface area contributed by atoms with Crippen molar-refractivity contribution in [1.29, 1.82) is 0 Å². The van der Waals surface area contributed by atoms with Crippen LogP contribution in [0.15, 0.2) is 0 Å². The van der Waals surface area contributed by atoms with Crippen LogP contribution in [0.1, 0.15) is 138 Å². The van der Waals surface area contributed by atoms with Crippen LogP contribution in [0.2, 0.25) is 0 Å². The molecule has 0 aromatic carbocycles. The van der Waals surface area contributed by atoms with Crippen LogP contribution in [0.4, 0.5) is 0 Å². The van der Waals surface area contributed by atoms with Gasteiger partial charge in [0.2, 0.25) is 17.7 Å². The summed E-state index contributed by atoms with van der Waals surface area (Å²) in [5, 5.41) is 100. The van der Waals surface area contributed by atoms with E-state index in [1.165, 1.54) is 21.8 Å². The van der Waals surface area contributed by atoms with Crippen molar-refractivity contribution in [3.63, 3.8) is 0 Å². The number of methoxy groups -OCH3 is 1. The Morgan fingerprint density at radius 3 is 1.09 bits per heavy atom. The van der Waals surface area contributed by atoms with E-state index in [1.807, 2.05) is 0 Å². The van der Waals surface area contributed by atoms with Crippen molar-refractivity contribution in [2.45, 2.75) is 248 Å². The molecule has 8 unspecified atom stereocenters. The Morgan fingerprint density at radius 1 is 0.467 bits per heavy atom. The van der Waals surface area contributed by atoms with Crippen LogP contribution in [0.3, 0.4) is 0 Å². The summed E-state index contributed by atoms with van der Waals surface area (Å²) in [5.41, 5.74) is 0. The van der Waals surface area contributed by atoms with Gasteiger partial charge in [0.15, 0.2) is 18.9 Å². The molecule has 538 valence electrons. The first-order chi connectivity index (χ1) is 43.5. The third-order valence-corrected chi connectivity index (χ3v) is 19.5. The summed E-state index contributed by atoms with van der Waals surface area (Å²) < 4.78 is 88.9. The topological polar surface area (TPSA) is 439 Å². The fourth-order valence-electron chi connectivity index (χ4n) is 12.1. The van der Waals surface area contributed by atoms with Crippen molar-refractivity contribution in [3.8, 4) is 0 Å². The molecule has 0 radical (unpaired) electrons. The summed E-state index contributed by atoms with van der Waals surface area (Å²) in [6, 6.07) is -2.27. The quantitative estimate of drug-likeness (QED) is 0.0299. The highest BCUT2D eigenvalue weighted by atomic mass is 31.2. The number of rotatable bonds is 36. The van der Waals surface area contributed by atoms with Crippen molar-refractivity contribution < 1.29 is 136 Å². The number of phosphoric acid groups is 2. The molecule has 23 atom stereocenters. The highest BCUT2D eigenvalue weighted by Gasteiger charge is 2.47. The first kappa shape index (κ1) is 80.6. The first-order valence-electron chi connectivity index (χ1n) is 32.6. The Bertz CT molecular complexity index is 2260. The largest absolute Gasteiger partial charge is 0.472 e. The number of phosphoric ester groups is 2. The third-order valence-electron chi connectivity index (χ3n) is 17.4. The summed E-state index contributed by atoms with van der Waals surface area (Å²) in [4.78, 5) is 67.2. The van der Waals surface area contributed by atoms with Gasteiger partial charge in [-0.3, -0.25) is 32.5 Å². The molecule has 0 spiro atoms. The molecule has 0 aliphatic carbocycles. The lowest BCUT2D eigenvalue weighted by molar-refractivity contribution is -0.282. The highest BCUT2D eigenvalue weighted by Crippen LogP contribution is 2.50. The number of unbranched alkanes of at least 4 members (excludes halogenated alkanes) is 6. The molecular weight excluding hydrogens is 1260 g/mol. The second-order valence-corrected chi connectivity index (χ2v) is 28.7. The van der Waals surface area contributed by atoms with E-state index in [1.54, 1.807) is 20.8 Å². The van der Waals surface area contributed by atoms with Crippen LogP contribution < -0.4 is 0 Å². The minimum atomic E-state index is -4.94. The van der Waals surface area contributed by atoms with E-state index < -0.39 is 183 Å². The highest BCUT2D eigenvalue weighted by molar-refractivity contribution is 7.47. The number of aliphatic hydroxyl groups excluding tert-OH is 10. The number of ether oxygens (including phenoxy) is 7. The zero-order valence-electron chi connectivity index (χ0n) is 54.4. The normalized spacial score (nSPS) is 35.7. The number of carbonyl (C=O) groups excluding carboxylic acids is 3. The van der Waals surface area contributed by atoms with E-state index in [-0.39, 0.29) is 96.4 Å². The summed E-state index contributed by atoms with van der Waals surface area (Å²) in [6.07, 6.45) is -11.4. The van der Waals surface area contributed by atoms with Gasteiger partial charge < -0.3 is 109 Å². The number of hydrogen-bond acceptors (Lipinski definition) is 26. The van der Waals surface area contributed by atoms with Gasteiger partial charge in [0, 0.05) is 83.6 Å². The number of nitrogens with zero attached hydrogens (tertiary/aromatic N) is 3. The lowest BCUT2D eigenvalue weighted by atomic mass is 9.92. The molecule has 3 amide bonds. The fourth-order valence-corrected chi connectivity index (χ4v) is 14.0. The molecule has 6 saturated heterocycles. The molecule has 6 heterocycles. The van der Waals surface area contributed by atoms with E-state index in [2.05, 4.69) is 20.8 Å². The molecule has 6 rings (SSSR count). The summed E-state index contributed by atoms with van der Waals surface area (Å²) in [5.74, 6) is -1.88. The average molecular weight is 1370 g/mol. The van der Waals surface area contributed by atoms with Gasteiger partial charge in [0.25, 0.3) is 0 Å². The second kappa shape index (κ2) is 39.5. The fraction of sp³-hybridized carbons (Fsp3) is 0.949. The van der Waals surface area contributed by atoms with Crippen LogP contribution in [-0.2, 0) is 74.8 Å². The molecule has 0 aromatic heterocycles. The van der Waals surface area contributed by atoms with Gasteiger partial charge in [0.1, 0.15) is 36.6 Å².